The van der Waals surface area contributed by atoms with E-state index in [0.29, 0.717) is 16.7 Å². The van der Waals surface area contributed by atoms with E-state index in [0.717, 1.165) is 12.1 Å². The zero-order chi connectivity index (χ0) is 13.7. The third kappa shape index (κ3) is 4.03. The summed E-state index contributed by atoms with van der Waals surface area (Å²) >= 11 is 4.87. The molecular weight excluding hydrogens is 254 g/mol. The zero-order valence-corrected chi connectivity index (χ0v) is 11.7. The molecule has 0 amide bonds. The third-order valence-electron chi connectivity index (χ3n) is 2.81. The maximum absolute atomic E-state index is 5.52. The molecule has 0 saturated carbocycles. The first-order valence-electron chi connectivity index (χ1n) is 6.21. The number of rotatable bonds is 5. The first kappa shape index (κ1) is 13.5. The van der Waals surface area contributed by atoms with E-state index in [9.17, 15) is 0 Å². The van der Waals surface area contributed by atoms with E-state index in [1.807, 2.05) is 18.2 Å². The summed E-state index contributed by atoms with van der Waals surface area (Å²) in [5.74, 6) is 0. The summed E-state index contributed by atoms with van der Waals surface area (Å²) < 4.78 is 0. The van der Waals surface area contributed by atoms with Crippen LogP contribution in [0.1, 0.15) is 18.2 Å². The van der Waals surface area contributed by atoms with Gasteiger partial charge in [-0.2, -0.15) is 0 Å². The van der Waals surface area contributed by atoms with Gasteiger partial charge in [0.1, 0.15) is 4.99 Å². The highest BCUT2D eigenvalue weighted by molar-refractivity contribution is 7.80. The molecule has 0 fully saturated rings. The van der Waals surface area contributed by atoms with Crippen LogP contribution in [0.2, 0.25) is 0 Å². The zero-order valence-electron chi connectivity index (χ0n) is 10.8. The highest BCUT2D eigenvalue weighted by Crippen LogP contribution is 2.11. The van der Waals surface area contributed by atoms with Crippen molar-refractivity contribution in [1.82, 2.24) is 4.98 Å². The van der Waals surface area contributed by atoms with E-state index in [1.165, 1.54) is 5.56 Å². The number of thiocarbonyl (C=S) groups is 1. The summed E-state index contributed by atoms with van der Waals surface area (Å²) in [6, 6.07) is 14.5. The second-order valence-electron chi connectivity index (χ2n) is 4.53. The van der Waals surface area contributed by atoms with Gasteiger partial charge in [-0.25, -0.2) is 0 Å². The van der Waals surface area contributed by atoms with Crippen LogP contribution in [-0.4, -0.2) is 16.0 Å². The molecule has 1 aromatic carbocycles. The van der Waals surface area contributed by atoms with Crippen molar-refractivity contribution in [2.75, 3.05) is 5.32 Å². The summed E-state index contributed by atoms with van der Waals surface area (Å²) in [5, 5.41) is 3.41. The Kier molecular flexibility index (Phi) is 4.47. The van der Waals surface area contributed by atoms with Crippen molar-refractivity contribution < 1.29 is 0 Å². The Hall–Kier alpha value is -1.94. The summed E-state index contributed by atoms with van der Waals surface area (Å²) in [5.41, 5.74) is 8.46. The van der Waals surface area contributed by atoms with Crippen LogP contribution in [0.15, 0.2) is 48.7 Å². The fraction of sp³-hybridized carbons (Fsp3) is 0.200. The fourth-order valence-corrected chi connectivity index (χ4v) is 2.05. The molecule has 2 aromatic rings. The smallest absolute Gasteiger partial charge is 0.122 e. The van der Waals surface area contributed by atoms with Crippen molar-refractivity contribution >= 4 is 22.9 Å². The molecule has 1 heterocycles. The van der Waals surface area contributed by atoms with Gasteiger partial charge in [-0.1, -0.05) is 42.5 Å². The Labute approximate surface area is 118 Å². The second kappa shape index (κ2) is 6.29. The molecule has 0 aliphatic carbocycles. The van der Waals surface area contributed by atoms with E-state index in [4.69, 9.17) is 18.0 Å². The first-order chi connectivity index (χ1) is 9.15. The number of nitrogens with two attached hydrogens (primary N) is 1. The Morgan fingerprint density at radius 3 is 2.58 bits per heavy atom. The van der Waals surface area contributed by atoms with E-state index in [-0.39, 0.29) is 0 Å². The monoisotopic (exact) mass is 271 g/mol. The molecule has 2 rings (SSSR count). The van der Waals surface area contributed by atoms with E-state index in [2.05, 4.69) is 41.5 Å². The van der Waals surface area contributed by atoms with Gasteiger partial charge in [-0.15, -0.1) is 0 Å². The Bertz CT molecular complexity index is 537. The SMILES string of the molecule is CC(Cc1ccccc1)Nc1ccc(C(N)=S)nc1. The van der Waals surface area contributed by atoms with Crippen LogP contribution in [0.25, 0.3) is 0 Å². The van der Waals surface area contributed by atoms with Crippen molar-refractivity contribution in [2.45, 2.75) is 19.4 Å². The second-order valence-corrected chi connectivity index (χ2v) is 4.97. The summed E-state index contributed by atoms with van der Waals surface area (Å²) in [6.07, 6.45) is 2.73. The lowest BCUT2D eigenvalue weighted by molar-refractivity contribution is 0.789. The molecular formula is C15H17N3S. The van der Waals surface area contributed by atoms with Crippen LogP contribution >= 0.6 is 12.2 Å². The van der Waals surface area contributed by atoms with Gasteiger partial charge in [-0.05, 0) is 31.0 Å². The van der Waals surface area contributed by atoms with Gasteiger partial charge in [-0.3, -0.25) is 4.98 Å². The van der Waals surface area contributed by atoms with Crippen LogP contribution in [0.5, 0.6) is 0 Å². The van der Waals surface area contributed by atoms with Gasteiger partial charge in [0.15, 0.2) is 0 Å². The predicted molar refractivity (Wildman–Crippen MR) is 83.4 cm³/mol. The molecule has 1 aromatic heterocycles. The lowest BCUT2D eigenvalue weighted by Crippen LogP contribution is -2.18. The van der Waals surface area contributed by atoms with Crippen LogP contribution in [0.3, 0.4) is 0 Å². The molecule has 0 spiro atoms. The van der Waals surface area contributed by atoms with Crippen molar-refractivity contribution in [3.8, 4) is 0 Å². The number of aromatic nitrogens is 1. The molecule has 3 N–H and O–H groups in total. The minimum absolute atomic E-state index is 0.323. The average Bonchev–Trinajstić information content (AvgIpc) is 2.40. The fourth-order valence-electron chi connectivity index (χ4n) is 1.93. The molecule has 0 saturated heterocycles. The number of hydrogen-bond acceptors (Lipinski definition) is 3. The molecule has 3 nitrogen and oxygen atoms in total. The molecule has 0 aliphatic heterocycles. The Morgan fingerprint density at radius 1 is 1.26 bits per heavy atom. The van der Waals surface area contributed by atoms with Gasteiger partial charge >= 0.3 is 0 Å². The number of hydrogen-bond donors (Lipinski definition) is 2. The lowest BCUT2D eigenvalue weighted by atomic mass is 10.1. The van der Waals surface area contributed by atoms with Crippen LogP contribution in [0, 0.1) is 0 Å². The predicted octanol–water partition coefficient (Wildman–Crippen LogP) is 2.76. The summed E-state index contributed by atoms with van der Waals surface area (Å²) in [7, 11) is 0. The van der Waals surface area contributed by atoms with Gasteiger partial charge in [0.05, 0.1) is 17.6 Å². The van der Waals surface area contributed by atoms with Crippen LogP contribution < -0.4 is 11.1 Å². The molecule has 1 unspecified atom stereocenters. The molecule has 98 valence electrons. The maximum Gasteiger partial charge on any atom is 0.122 e. The number of nitrogens with one attached hydrogen (secondary N) is 1. The van der Waals surface area contributed by atoms with Crippen molar-refractivity contribution in [1.29, 1.82) is 0 Å². The number of anilines is 1. The molecule has 0 aliphatic rings. The van der Waals surface area contributed by atoms with Crippen LogP contribution in [0.4, 0.5) is 5.69 Å². The molecule has 1 atom stereocenters. The van der Waals surface area contributed by atoms with E-state index in [1.54, 1.807) is 6.20 Å². The highest BCUT2D eigenvalue weighted by atomic mass is 32.1. The largest absolute Gasteiger partial charge is 0.388 e. The van der Waals surface area contributed by atoms with Gasteiger partial charge in [0, 0.05) is 6.04 Å². The average molecular weight is 271 g/mol. The van der Waals surface area contributed by atoms with Crippen molar-refractivity contribution in [3.63, 3.8) is 0 Å². The quantitative estimate of drug-likeness (QED) is 0.821. The van der Waals surface area contributed by atoms with Crippen molar-refractivity contribution in [3.05, 3.63) is 59.9 Å². The molecule has 4 heteroatoms. The van der Waals surface area contributed by atoms with Gasteiger partial charge < -0.3 is 11.1 Å². The number of pyridine rings is 1. The normalized spacial score (nSPS) is 11.8. The highest BCUT2D eigenvalue weighted by Gasteiger charge is 2.04. The van der Waals surface area contributed by atoms with Crippen LogP contribution in [-0.2, 0) is 6.42 Å². The molecule has 0 bridgehead atoms. The standard InChI is InChI=1S/C15H17N3S/c1-11(9-12-5-3-2-4-6-12)18-13-7-8-14(15(16)19)17-10-13/h2-8,10-11,18H,9H2,1H3,(H2,16,19). The number of benzene rings is 1. The van der Waals surface area contributed by atoms with E-state index >= 15 is 0 Å². The first-order valence-corrected chi connectivity index (χ1v) is 6.62. The van der Waals surface area contributed by atoms with Gasteiger partial charge in [0.2, 0.25) is 0 Å². The van der Waals surface area contributed by atoms with Gasteiger partial charge in [0.25, 0.3) is 0 Å². The minimum Gasteiger partial charge on any atom is -0.388 e. The number of nitrogens with zero attached hydrogens (tertiary/aromatic N) is 1. The third-order valence-corrected chi connectivity index (χ3v) is 3.02. The summed E-state index contributed by atoms with van der Waals surface area (Å²) in [6.45, 7) is 2.15. The maximum atomic E-state index is 5.52. The molecule has 0 radical (unpaired) electrons. The van der Waals surface area contributed by atoms with E-state index < -0.39 is 0 Å². The topological polar surface area (TPSA) is 50.9 Å². The van der Waals surface area contributed by atoms with Crippen molar-refractivity contribution in [2.24, 2.45) is 5.73 Å². The lowest BCUT2D eigenvalue weighted by Gasteiger charge is -2.15. The minimum atomic E-state index is 0.323. The molecule has 19 heavy (non-hydrogen) atoms. The Morgan fingerprint density at radius 2 is 2.00 bits per heavy atom. The summed E-state index contributed by atoms with van der Waals surface area (Å²) in [4.78, 5) is 4.53. The Balaban J connectivity index is 1.95.